The van der Waals surface area contributed by atoms with Gasteiger partial charge < -0.3 is 14.2 Å². The van der Waals surface area contributed by atoms with Crippen LogP contribution in [0.3, 0.4) is 0 Å². The van der Waals surface area contributed by atoms with Crippen molar-refractivity contribution in [2.75, 3.05) is 32.2 Å². The molecule has 1 fully saturated rings. The summed E-state index contributed by atoms with van der Waals surface area (Å²) in [6.45, 7) is 6.08. The van der Waals surface area contributed by atoms with Crippen LogP contribution in [-0.4, -0.2) is 45.0 Å². The van der Waals surface area contributed by atoms with E-state index in [9.17, 15) is 8.42 Å². The van der Waals surface area contributed by atoms with Gasteiger partial charge in [0.15, 0.2) is 11.5 Å². The second-order valence-electron chi connectivity index (χ2n) is 6.80. The van der Waals surface area contributed by atoms with E-state index in [4.69, 9.17) is 14.2 Å². The van der Waals surface area contributed by atoms with Crippen molar-refractivity contribution in [3.05, 3.63) is 18.2 Å². The third kappa shape index (κ3) is 4.13. The zero-order valence-electron chi connectivity index (χ0n) is 14.2. The molecule has 0 radical (unpaired) electrons. The Labute approximate surface area is 143 Å². The lowest BCUT2D eigenvalue weighted by atomic mass is 9.94. The quantitative estimate of drug-likeness (QED) is 0.734. The average molecular weight is 355 g/mol. The number of ether oxygens (including phenoxy) is 3. The summed E-state index contributed by atoms with van der Waals surface area (Å²) in [4.78, 5) is 0. The van der Waals surface area contributed by atoms with Gasteiger partial charge in [-0.1, -0.05) is 13.8 Å². The minimum absolute atomic E-state index is 0.122. The molecule has 0 N–H and O–H groups in total. The fourth-order valence-corrected chi connectivity index (χ4v) is 5.06. The second-order valence-corrected chi connectivity index (χ2v) is 8.88. The maximum atomic E-state index is 12.5. The van der Waals surface area contributed by atoms with E-state index in [1.54, 1.807) is 22.5 Å². The molecule has 1 aromatic rings. The third-order valence-electron chi connectivity index (χ3n) is 4.39. The summed E-state index contributed by atoms with van der Waals surface area (Å²) in [5.74, 6) is 3.00. The van der Waals surface area contributed by atoms with Crippen molar-refractivity contribution in [3.8, 4) is 17.2 Å². The summed E-state index contributed by atoms with van der Waals surface area (Å²) in [6.07, 6.45) is 1.56. The number of rotatable bonds is 6. The van der Waals surface area contributed by atoms with Gasteiger partial charge in [0, 0.05) is 19.2 Å². The number of fused-ring (bicyclic) bond motifs is 1. The molecule has 0 aromatic heterocycles. The molecule has 3 rings (SSSR count). The van der Waals surface area contributed by atoms with Crippen molar-refractivity contribution >= 4 is 10.0 Å². The van der Waals surface area contributed by atoms with Crippen LogP contribution in [0.25, 0.3) is 0 Å². The molecule has 2 atom stereocenters. The number of hydrogen-bond donors (Lipinski definition) is 0. The smallest absolute Gasteiger partial charge is 0.231 e. The lowest BCUT2D eigenvalue weighted by molar-refractivity contribution is 0.173. The van der Waals surface area contributed by atoms with Crippen LogP contribution in [-0.2, 0) is 10.0 Å². The van der Waals surface area contributed by atoms with E-state index in [1.807, 2.05) is 0 Å². The average Bonchev–Trinajstić information content (AvgIpc) is 2.98. The summed E-state index contributed by atoms with van der Waals surface area (Å²) in [7, 11) is -3.20. The van der Waals surface area contributed by atoms with Gasteiger partial charge in [-0.25, -0.2) is 12.7 Å². The van der Waals surface area contributed by atoms with Gasteiger partial charge in [-0.2, -0.15) is 0 Å². The highest BCUT2D eigenvalue weighted by molar-refractivity contribution is 7.89. The second kappa shape index (κ2) is 7.19. The van der Waals surface area contributed by atoms with Gasteiger partial charge in [0.1, 0.15) is 5.75 Å². The van der Waals surface area contributed by atoms with Crippen LogP contribution in [0, 0.1) is 11.8 Å². The fourth-order valence-electron chi connectivity index (χ4n) is 3.36. The molecular formula is C17H25NO5S. The molecule has 6 nitrogen and oxygen atoms in total. The first-order valence-electron chi connectivity index (χ1n) is 8.44. The van der Waals surface area contributed by atoms with Crippen LogP contribution < -0.4 is 14.2 Å². The Morgan fingerprint density at radius 3 is 2.62 bits per heavy atom. The van der Waals surface area contributed by atoms with Gasteiger partial charge in [-0.3, -0.25) is 0 Å². The normalized spacial score (nSPS) is 24.1. The maximum Gasteiger partial charge on any atom is 0.231 e. The number of nitrogens with zero attached hydrogens (tertiary/aromatic N) is 1. The molecule has 134 valence electrons. The molecule has 2 aliphatic rings. The number of piperidine rings is 1. The maximum absolute atomic E-state index is 12.5. The Hall–Kier alpha value is -1.47. The molecule has 0 spiro atoms. The Kier molecular flexibility index (Phi) is 5.20. The van der Waals surface area contributed by atoms with Crippen LogP contribution >= 0.6 is 0 Å². The van der Waals surface area contributed by atoms with Gasteiger partial charge in [0.25, 0.3) is 0 Å². The highest BCUT2D eigenvalue weighted by atomic mass is 32.2. The van der Waals surface area contributed by atoms with Gasteiger partial charge in [0.2, 0.25) is 16.8 Å². The Morgan fingerprint density at radius 2 is 1.88 bits per heavy atom. The molecule has 0 aliphatic carbocycles. The zero-order valence-corrected chi connectivity index (χ0v) is 15.0. The van der Waals surface area contributed by atoms with Crippen LogP contribution in [0.1, 0.15) is 26.7 Å². The van der Waals surface area contributed by atoms with E-state index in [1.165, 1.54) is 0 Å². The van der Waals surface area contributed by atoms with Crippen molar-refractivity contribution in [2.24, 2.45) is 11.8 Å². The first-order valence-corrected chi connectivity index (χ1v) is 10.1. The molecule has 0 saturated carbocycles. The van der Waals surface area contributed by atoms with Gasteiger partial charge in [-0.05, 0) is 36.8 Å². The van der Waals surface area contributed by atoms with Crippen molar-refractivity contribution in [3.63, 3.8) is 0 Å². The zero-order chi connectivity index (χ0) is 17.2. The number of benzene rings is 1. The van der Waals surface area contributed by atoms with Crippen molar-refractivity contribution < 1.29 is 22.6 Å². The molecular weight excluding hydrogens is 330 g/mol. The highest BCUT2D eigenvalue weighted by Crippen LogP contribution is 2.35. The SMILES string of the molecule is C[C@@H]1C[C@@H](C)CN(S(=O)(=O)CCCOc2ccc3c(c2)OCO3)C1. The number of sulfonamides is 1. The lowest BCUT2D eigenvalue weighted by Crippen LogP contribution is -2.43. The summed E-state index contributed by atoms with van der Waals surface area (Å²) < 4.78 is 42.8. The molecule has 2 aliphatic heterocycles. The van der Waals surface area contributed by atoms with E-state index in [0.717, 1.165) is 6.42 Å². The molecule has 1 saturated heterocycles. The predicted molar refractivity (Wildman–Crippen MR) is 91.0 cm³/mol. The Balaban J connectivity index is 1.47. The van der Waals surface area contributed by atoms with E-state index in [-0.39, 0.29) is 12.5 Å². The van der Waals surface area contributed by atoms with Crippen molar-refractivity contribution in [2.45, 2.75) is 26.7 Å². The monoisotopic (exact) mass is 355 g/mol. The minimum Gasteiger partial charge on any atom is -0.493 e. The summed E-state index contributed by atoms with van der Waals surface area (Å²) in [5, 5.41) is 0. The molecule has 24 heavy (non-hydrogen) atoms. The van der Waals surface area contributed by atoms with Crippen molar-refractivity contribution in [1.82, 2.24) is 4.31 Å². The molecule has 0 bridgehead atoms. The Bertz CT molecular complexity index is 666. The van der Waals surface area contributed by atoms with Gasteiger partial charge in [-0.15, -0.1) is 0 Å². The molecule has 0 unspecified atom stereocenters. The third-order valence-corrected chi connectivity index (χ3v) is 6.28. The van der Waals surface area contributed by atoms with Gasteiger partial charge in [0.05, 0.1) is 12.4 Å². The first kappa shape index (κ1) is 17.4. The van der Waals surface area contributed by atoms with Gasteiger partial charge >= 0.3 is 0 Å². The lowest BCUT2D eigenvalue weighted by Gasteiger charge is -2.34. The minimum atomic E-state index is -3.20. The van der Waals surface area contributed by atoms with E-state index in [0.29, 0.717) is 55.2 Å². The molecule has 2 heterocycles. The highest BCUT2D eigenvalue weighted by Gasteiger charge is 2.29. The van der Waals surface area contributed by atoms with Crippen LogP contribution in [0.2, 0.25) is 0 Å². The van der Waals surface area contributed by atoms with Crippen molar-refractivity contribution in [1.29, 1.82) is 0 Å². The van der Waals surface area contributed by atoms with E-state index in [2.05, 4.69) is 13.8 Å². The standard InChI is InChI=1S/C17H25NO5S/c1-13-8-14(2)11-18(10-13)24(19,20)7-3-6-21-15-4-5-16-17(9-15)23-12-22-16/h4-5,9,13-14H,3,6-8,10-12H2,1-2H3/t13-,14-/m1/s1. The summed E-state index contributed by atoms with van der Waals surface area (Å²) in [5.41, 5.74) is 0. The first-order chi connectivity index (χ1) is 11.4. The fraction of sp³-hybridized carbons (Fsp3) is 0.647. The molecule has 0 amide bonds. The Morgan fingerprint density at radius 1 is 1.17 bits per heavy atom. The summed E-state index contributed by atoms with van der Waals surface area (Å²) >= 11 is 0. The molecule has 7 heteroatoms. The molecule has 1 aromatic carbocycles. The topological polar surface area (TPSA) is 65.1 Å². The van der Waals surface area contributed by atoms with E-state index < -0.39 is 10.0 Å². The number of hydrogen-bond acceptors (Lipinski definition) is 5. The predicted octanol–water partition coefficient (Wildman–Crippen LogP) is 2.49. The van der Waals surface area contributed by atoms with Crippen LogP contribution in [0.5, 0.6) is 17.2 Å². The van der Waals surface area contributed by atoms with Crippen LogP contribution in [0.15, 0.2) is 18.2 Å². The largest absolute Gasteiger partial charge is 0.493 e. The van der Waals surface area contributed by atoms with Crippen LogP contribution in [0.4, 0.5) is 0 Å². The van der Waals surface area contributed by atoms with E-state index >= 15 is 0 Å². The summed E-state index contributed by atoms with van der Waals surface area (Å²) in [6, 6.07) is 5.37.